The van der Waals surface area contributed by atoms with Crippen molar-refractivity contribution in [1.29, 1.82) is 0 Å². The van der Waals surface area contributed by atoms with E-state index in [0.717, 1.165) is 0 Å². The SMILES string of the molecule is C[C@@H]1CC(C2CCC(C(F)(F)F)CC2)CCC1(F)F. The molecule has 0 aromatic carbocycles. The largest absolute Gasteiger partial charge is 0.391 e. The highest BCUT2D eigenvalue weighted by molar-refractivity contribution is 4.88. The number of halogens is 5. The molecule has 0 saturated heterocycles. The minimum Gasteiger partial charge on any atom is -0.207 e. The number of hydrogen-bond acceptors (Lipinski definition) is 0. The van der Waals surface area contributed by atoms with E-state index in [1.54, 1.807) is 6.92 Å². The van der Waals surface area contributed by atoms with Crippen LogP contribution >= 0.6 is 0 Å². The highest BCUT2D eigenvalue weighted by atomic mass is 19.4. The fraction of sp³-hybridized carbons (Fsp3) is 1.00. The van der Waals surface area contributed by atoms with Gasteiger partial charge in [0.1, 0.15) is 0 Å². The fourth-order valence-electron chi connectivity index (χ4n) is 3.71. The van der Waals surface area contributed by atoms with Crippen LogP contribution in [0.15, 0.2) is 0 Å². The normalized spacial score (nSPS) is 40.1. The van der Waals surface area contributed by atoms with Crippen LogP contribution in [0.4, 0.5) is 22.0 Å². The Kier molecular flexibility index (Phi) is 4.12. The first-order valence-corrected chi connectivity index (χ1v) is 7.14. The molecule has 0 amide bonds. The van der Waals surface area contributed by atoms with E-state index >= 15 is 0 Å². The summed E-state index contributed by atoms with van der Waals surface area (Å²) >= 11 is 0. The van der Waals surface area contributed by atoms with Gasteiger partial charge in [0.2, 0.25) is 0 Å². The molecule has 0 aromatic rings. The quantitative estimate of drug-likeness (QED) is 0.563. The van der Waals surface area contributed by atoms with Gasteiger partial charge in [-0.15, -0.1) is 0 Å². The Morgan fingerprint density at radius 2 is 1.47 bits per heavy atom. The molecule has 0 spiro atoms. The van der Waals surface area contributed by atoms with E-state index in [9.17, 15) is 22.0 Å². The van der Waals surface area contributed by atoms with Gasteiger partial charge in [-0.25, -0.2) is 8.78 Å². The third-order valence-corrected chi connectivity index (χ3v) is 5.13. The molecule has 0 bridgehead atoms. The van der Waals surface area contributed by atoms with Gasteiger partial charge in [-0.1, -0.05) is 6.92 Å². The summed E-state index contributed by atoms with van der Waals surface area (Å²) < 4.78 is 64.5. The first-order chi connectivity index (χ1) is 8.70. The Labute approximate surface area is 110 Å². The Hall–Kier alpha value is -0.350. The topological polar surface area (TPSA) is 0 Å². The summed E-state index contributed by atoms with van der Waals surface area (Å²) in [7, 11) is 0. The lowest BCUT2D eigenvalue weighted by molar-refractivity contribution is -0.185. The molecular weight excluding hydrogens is 263 g/mol. The molecule has 19 heavy (non-hydrogen) atoms. The zero-order chi connectivity index (χ0) is 14.3. The molecule has 2 aliphatic carbocycles. The monoisotopic (exact) mass is 284 g/mol. The summed E-state index contributed by atoms with van der Waals surface area (Å²) in [5.74, 6) is -3.97. The van der Waals surface area contributed by atoms with Crippen LogP contribution in [0.5, 0.6) is 0 Å². The van der Waals surface area contributed by atoms with Crippen molar-refractivity contribution in [3.63, 3.8) is 0 Å². The van der Waals surface area contributed by atoms with E-state index in [4.69, 9.17) is 0 Å². The van der Waals surface area contributed by atoms with Crippen LogP contribution in [-0.2, 0) is 0 Å². The van der Waals surface area contributed by atoms with Crippen LogP contribution < -0.4 is 0 Å². The summed E-state index contributed by atoms with van der Waals surface area (Å²) in [6, 6.07) is 0. The highest BCUT2D eigenvalue weighted by Gasteiger charge is 2.46. The lowest BCUT2D eigenvalue weighted by atomic mass is 9.68. The lowest BCUT2D eigenvalue weighted by Crippen LogP contribution is -2.37. The average Bonchev–Trinajstić information content (AvgIpc) is 2.32. The number of hydrogen-bond donors (Lipinski definition) is 0. The molecule has 2 atom stereocenters. The molecule has 2 fully saturated rings. The molecule has 0 aliphatic heterocycles. The Morgan fingerprint density at radius 1 is 0.895 bits per heavy atom. The third-order valence-electron chi connectivity index (χ3n) is 5.13. The van der Waals surface area contributed by atoms with Crippen molar-refractivity contribution in [2.45, 2.75) is 64.0 Å². The maximum absolute atomic E-state index is 13.4. The average molecular weight is 284 g/mol. The zero-order valence-corrected chi connectivity index (χ0v) is 11.1. The number of alkyl halides is 5. The van der Waals surface area contributed by atoms with E-state index in [-0.39, 0.29) is 31.1 Å². The minimum absolute atomic E-state index is 0.0992. The molecule has 0 radical (unpaired) electrons. The van der Waals surface area contributed by atoms with Gasteiger partial charge in [-0.2, -0.15) is 13.2 Å². The van der Waals surface area contributed by atoms with E-state index in [0.29, 0.717) is 25.7 Å². The van der Waals surface area contributed by atoms with Gasteiger partial charge in [-0.3, -0.25) is 0 Å². The van der Waals surface area contributed by atoms with Gasteiger partial charge < -0.3 is 0 Å². The van der Waals surface area contributed by atoms with Gasteiger partial charge in [0, 0.05) is 12.3 Å². The Balaban J connectivity index is 1.86. The van der Waals surface area contributed by atoms with Crippen molar-refractivity contribution in [2.75, 3.05) is 0 Å². The number of rotatable bonds is 1. The summed E-state index contributed by atoms with van der Waals surface area (Å²) in [5.41, 5.74) is 0. The smallest absolute Gasteiger partial charge is 0.207 e. The maximum Gasteiger partial charge on any atom is 0.391 e. The first kappa shape index (κ1) is 15.0. The summed E-state index contributed by atoms with van der Waals surface area (Å²) in [6.45, 7) is 1.56. The lowest BCUT2D eigenvalue weighted by Gasteiger charge is -2.40. The first-order valence-electron chi connectivity index (χ1n) is 7.14. The van der Waals surface area contributed by atoms with E-state index in [2.05, 4.69) is 0 Å². The van der Waals surface area contributed by atoms with Crippen LogP contribution in [0.1, 0.15) is 51.9 Å². The second kappa shape index (κ2) is 5.21. The Morgan fingerprint density at radius 3 is 1.95 bits per heavy atom. The molecular formula is C14H21F5. The predicted molar refractivity (Wildman–Crippen MR) is 63.0 cm³/mol. The molecule has 0 aromatic heterocycles. The molecule has 5 heteroatoms. The van der Waals surface area contributed by atoms with Gasteiger partial charge in [-0.05, 0) is 50.4 Å². The van der Waals surface area contributed by atoms with Crippen molar-refractivity contribution in [3.8, 4) is 0 Å². The van der Waals surface area contributed by atoms with Gasteiger partial charge in [0.15, 0.2) is 0 Å². The van der Waals surface area contributed by atoms with Crippen molar-refractivity contribution < 1.29 is 22.0 Å². The molecule has 0 N–H and O–H groups in total. The Bertz CT molecular complexity index is 301. The molecule has 2 saturated carbocycles. The van der Waals surface area contributed by atoms with Gasteiger partial charge >= 0.3 is 6.18 Å². The summed E-state index contributed by atoms with van der Waals surface area (Å²) in [4.78, 5) is 0. The predicted octanol–water partition coefficient (Wildman–Crippen LogP) is 5.43. The second-order valence-electron chi connectivity index (χ2n) is 6.35. The second-order valence-corrected chi connectivity index (χ2v) is 6.35. The van der Waals surface area contributed by atoms with Crippen molar-refractivity contribution in [1.82, 2.24) is 0 Å². The van der Waals surface area contributed by atoms with E-state index in [1.807, 2.05) is 0 Å². The van der Waals surface area contributed by atoms with E-state index in [1.165, 1.54) is 0 Å². The van der Waals surface area contributed by atoms with Crippen LogP contribution in [0.2, 0.25) is 0 Å². The minimum atomic E-state index is -4.09. The fourth-order valence-corrected chi connectivity index (χ4v) is 3.71. The van der Waals surface area contributed by atoms with Crippen LogP contribution in [0.25, 0.3) is 0 Å². The zero-order valence-electron chi connectivity index (χ0n) is 11.1. The molecule has 0 heterocycles. The summed E-state index contributed by atoms with van der Waals surface area (Å²) in [6.07, 6.45) is -1.80. The molecule has 2 rings (SSSR count). The molecule has 0 nitrogen and oxygen atoms in total. The third kappa shape index (κ3) is 3.40. The molecule has 2 aliphatic rings. The molecule has 112 valence electrons. The van der Waals surface area contributed by atoms with Gasteiger partial charge in [0.05, 0.1) is 5.92 Å². The standard InChI is InChI=1S/C14H21F5/c1-9-8-11(6-7-13(9,15)16)10-2-4-12(5-3-10)14(17,18)19/h9-12H,2-8H2,1H3/t9-,10?,11?,12?/m1/s1. The van der Waals surface area contributed by atoms with Crippen molar-refractivity contribution in [2.24, 2.45) is 23.7 Å². The van der Waals surface area contributed by atoms with Crippen molar-refractivity contribution >= 4 is 0 Å². The van der Waals surface area contributed by atoms with Crippen molar-refractivity contribution in [3.05, 3.63) is 0 Å². The van der Waals surface area contributed by atoms with Crippen LogP contribution in [-0.4, -0.2) is 12.1 Å². The summed E-state index contributed by atoms with van der Waals surface area (Å²) in [5, 5.41) is 0. The molecule has 1 unspecified atom stereocenters. The van der Waals surface area contributed by atoms with Crippen LogP contribution in [0, 0.1) is 23.7 Å². The van der Waals surface area contributed by atoms with Crippen LogP contribution in [0.3, 0.4) is 0 Å². The van der Waals surface area contributed by atoms with Gasteiger partial charge in [0.25, 0.3) is 5.92 Å². The van der Waals surface area contributed by atoms with E-state index < -0.39 is 23.9 Å². The maximum atomic E-state index is 13.4. The highest BCUT2D eigenvalue weighted by Crippen LogP contribution is 2.48.